The molecule has 134 valence electrons. The second-order valence-electron chi connectivity index (χ2n) is 5.63. The Hall–Kier alpha value is -2.54. The molecule has 3 aromatic rings. The minimum absolute atomic E-state index is 0.246. The lowest BCUT2D eigenvalue weighted by atomic mass is 10.1. The van der Waals surface area contributed by atoms with Crippen molar-refractivity contribution in [2.24, 2.45) is 0 Å². The van der Waals surface area contributed by atoms with Crippen LogP contribution in [0.4, 0.5) is 18.9 Å². The molecule has 3 rings (SSSR count). The van der Waals surface area contributed by atoms with Gasteiger partial charge in [-0.05, 0) is 31.2 Å². The molecule has 1 unspecified atom stereocenters. The lowest BCUT2D eigenvalue weighted by Crippen LogP contribution is -2.24. The Morgan fingerprint density at radius 1 is 1.04 bits per heavy atom. The van der Waals surface area contributed by atoms with Crippen LogP contribution >= 0.6 is 11.8 Å². The number of anilines is 1. The standard InChI is InChI=1S/C19H15F3N2OS/c1-12(26-17-11-10-13-6-2-4-8-15(13)23-17)18(25)24-16-9-5-3-7-14(16)19(20,21)22/h2-12H,1H3,(H,24,25). The summed E-state index contributed by atoms with van der Waals surface area (Å²) in [6.45, 7) is 1.63. The van der Waals surface area contributed by atoms with Crippen LogP contribution in [-0.2, 0) is 11.0 Å². The quantitative estimate of drug-likeness (QED) is 0.622. The highest BCUT2D eigenvalue weighted by atomic mass is 32.2. The van der Waals surface area contributed by atoms with Gasteiger partial charge in [-0.15, -0.1) is 0 Å². The summed E-state index contributed by atoms with van der Waals surface area (Å²) in [6, 6.07) is 16.2. The van der Waals surface area contributed by atoms with Gasteiger partial charge in [-0.3, -0.25) is 4.79 Å². The number of halogens is 3. The number of para-hydroxylation sites is 2. The van der Waals surface area contributed by atoms with Crippen LogP contribution in [0.3, 0.4) is 0 Å². The molecule has 1 heterocycles. The van der Waals surface area contributed by atoms with Crippen LogP contribution in [0.5, 0.6) is 0 Å². The first kappa shape index (κ1) is 18.3. The summed E-state index contributed by atoms with van der Waals surface area (Å²) in [7, 11) is 0. The molecule has 0 bridgehead atoms. The molecule has 1 amide bonds. The van der Waals surface area contributed by atoms with Gasteiger partial charge in [0.2, 0.25) is 5.91 Å². The van der Waals surface area contributed by atoms with Crippen LogP contribution < -0.4 is 5.32 Å². The van der Waals surface area contributed by atoms with Gasteiger partial charge in [0.15, 0.2) is 0 Å². The summed E-state index contributed by atoms with van der Waals surface area (Å²) in [4.78, 5) is 16.8. The van der Waals surface area contributed by atoms with E-state index in [1.807, 2.05) is 30.3 Å². The number of nitrogens with zero attached hydrogens (tertiary/aromatic N) is 1. The van der Waals surface area contributed by atoms with E-state index in [1.165, 1.54) is 30.0 Å². The van der Waals surface area contributed by atoms with Crippen LogP contribution in [0.1, 0.15) is 12.5 Å². The summed E-state index contributed by atoms with van der Waals surface area (Å²) in [5.41, 5.74) is -0.314. The predicted octanol–water partition coefficient (Wildman–Crippen LogP) is 5.37. The Labute approximate surface area is 152 Å². The first-order valence-electron chi connectivity index (χ1n) is 7.84. The Bertz CT molecular complexity index is 943. The number of carbonyl (C=O) groups excluding carboxylic acids is 1. The van der Waals surface area contributed by atoms with Gasteiger partial charge in [-0.25, -0.2) is 4.98 Å². The fraction of sp³-hybridized carbons (Fsp3) is 0.158. The number of fused-ring (bicyclic) bond motifs is 1. The van der Waals surface area contributed by atoms with E-state index in [0.29, 0.717) is 5.03 Å². The maximum absolute atomic E-state index is 13.0. The summed E-state index contributed by atoms with van der Waals surface area (Å²) < 4.78 is 39.1. The van der Waals surface area contributed by atoms with Crippen LogP contribution in [0.25, 0.3) is 10.9 Å². The summed E-state index contributed by atoms with van der Waals surface area (Å²) >= 11 is 1.19. The predicted molar refractivity (Wildman–Crippen MR) is 97.1 cm³/mol. The fourth-order valence-electron chi connectivity index (χ4n) is 2.42. The van der Waals surface area contributed by atoms with Crippen molar-refractivity contribution < 1.29 is 18.0 Å². The number of thioether (sulfide) groups is 1. The third-order valence-corrected chi connectivity index (χ3v) is 4.77. The molecule has 0 saturated heterocycles. The first-order chi connectivity index (χ1) is 12.3. The van der Waals surface area contributed by atoms with Crippen LogP contribution in [0, 0.1) is 0 Å². The van der Waals surface area contributed by atoms with Gasteiger partial charge >= 0.3 is 6.18 Å². The zero-order valence-electron chi connectivity index (χ0n) is 13.7. The molecular formula is C19H15F3N2OS. The molecular weight excluding hydrogens is 361 g/mol. The van der Waals surface area contributed by atoms with Gasteiger partial charge in [-0.2, -0.15) is 13.2 Å². The molecule has 1 aromatic heterocycles. The lowest BCUT2D eigenvalue weighted by Gasteiger charge is -2.16. The number of benzene rings is 2. The number of hydrogen-bond donors (Lipinski definition) is 1. The first-order valence-corrected chi connectivity index (χ1v) is 8.72. The third kappa shape index (κ3) is 4.16. The van der Waals surface area contributed by atoms with E-state index in [0.717, 1.165) is 17.0 Å². The van der Waals surface area contributed by atoms with Crippen molar-refractivity contribution in [1.82, 2.24) is 4.98 Å². The Balaban J connectivity index is 1.74. The van der Waals surface area contributed by atoms with Crippen molar-refractivity contribution >= 4 is 34.3 Å². The van der Waals surface area contributed by atoms with Gasteiger partial charge in [-0.1, -0.05) is 48.2 Å². The Morgan fingerprint density at radius 2 is 1.73 bits per heavy atom. The van der Waals surface area contributed by atoms with Crippen LogP contribution in [-0.4, -0.2) is 16.1 Å². The smallest absolute Gasteiger partial charge is 0.325 e. The Morgan fingerprint density at radius 3 is 2.50 bits per heavy atom. The molecule has 0 aliphatic rings. The number of aromatic nitrogens is 1. The number of hydrogen-bond acceptors (Lipinski definition) is 3. The number of pyridine rings is 1. The molecule has 0 aliphatic heterocycles. The fourth-order valence-corrected chi connectivity index (χ4v) is 3.25. The molecule has 3 nitrogen and oxygen atoms in total. The van der Waals surface area contributed by atoms with E-state index >= 15 is 0 Å². The molecule has 1 atom stereocenters. The van der Waals surface area contributed by atoms with Crippen molar-refractivity contribution in [2.45, 2.75) is 23.4 Å². The lowest BCUT2D eigenvalue weighted by molar-refractivity contribution is -0.137. The summed E-state index contributed by atoms with van der Waals surface area (Å²) in [5.74, 6) is -0.512. The average Bonchev–Trinajstić information content (AvgIpc) is 2.61. The molecule has 0 aliphatic carbocycles. The van der Waals surface area contributed by atoms with Crippen LogP contribution in [0.2, 0.25) is 0 Å². The van der Waals surface area contributed by atoms with E-state index in [9.17, 15) is 18.0 Å². The van der Waals surface area contributed by atoms with Gasteiger partial charge in [0, 0.05) is 5.39 Å². The van der Waals surface area contributed by atoms with Gasteiger partial charge in [0.1, 0.15) is 0 Å². The molecule has 7 heteroatoms. The molecule has 0 saturated carbocycles. The molecule has 26 heavy (non-hydrogen) atoms. The van der Waals surface area contributed by atoms with Crippen molar-refractivity contribution in [3.8, 4) is 0 Å². The second kappa shape index (κ2) is 7.37. The maximum Gasteiger partial charge on any atom is 0.418 e. The largest absolute Gasteiger partial charge is 0.418 e. The molecule has 0 fully saturated rings. The highest BCUT2D eigenvalue weighted by molar-refractivity contribution is 8.00. The van der Waals surface area contributed by atoms with E-state index < -0.39 is 22.9 Å². The Kier molecular flexibility index (Phi) is 5.18. The highest BCUT2D eigenvalue weighted by Crippen LogP contribution is 2.35. The van der Waals surface area contributed by atoms with Gasteiger partial charge in [0.25, 0.3) is 0 Å². The van der Waals surface area contributed by atoms with Crippen molar-refractivity contribution in [1.29, 1.82) is 0 Å². The van der Waals surface area contributed by atoms with E-state index in [2.05, 4.69) is 10.3 Å². The maximum atomic E-state index is 13.0. The number of amides is 1. The summed E-state index contributed by atoms with van der Waals surface area (Å²) in [6.07, 6.45) is -4.53. The van der Waals surface area contributed by atoms with E-state index in [1.54, 1.807) is 13.0 Å². The van der Waals surface area contributed by atoms with Crippen LogP contribution in [0.15, 0.2) is 65.7 Å². The minimum Gasteiger partial charge on any atom is -0.325 e. The SMILES string of the molecule is CC(Sc1ccc2ccccc2n1)C(=O)Nc1ccccc1C(F)(F)F. The topological polar surface area (TPSA) is 42.0 Å². The van der Waals surface area contributed by atoms with E-state index in [4.69, 9.17) is 0 Å². The van der Waals surface area contributed by atoms with Crippen molar-refractivity contribution in [3.05, 3.63) is 66.2 Å². The highest BCUT2D eigenvalue weighted by Gasteiger charge is 2.33. The number of rotatable bonds is 4. The average molecular weight is 376 g/mol. The second-order valence-corrected chi connectivity index (χ2v) is 7.00. The summed E-state index contributed by atoms with van der Waals surface area (Å²) in [5, 5.41) is 3.37. The number of alkyl halides is 3. The zero-order chi connectivity index (χ0) is 18.7. The van der Waals surface area contributed by atoms with Crippen molar-refractivity contribution in [2.75, 3.05) is 5.32 Å². The minimum atomic E-state index is -4.53. The van der Waals surface area contributed by atoms with Gasteiger partial charge in [0.05, 0.1) is 27.0 Å². The molecule has 0 spiro atoms. The number of nitrogens with one attached hydrogen (secondary N) is 1. The molecule has 1 N–H and O–H groups in total. The van der Waals surface area contributed by atoms with E-state index in [-0.39, 0.29) is 5.69 Å². The molecule has 0 radical (unpaired) electrons. The number of carbonyl (C=O) groups is 1. The molecule has 2 aromatic carbocycles. The third-order valence-electron chi connectivity index (χ3n) is 3.73. The zero-order valence-corrected chi connectivity index (χ0v) is 14.6. The monoisotopic (exact) mass is 376 g/mol. The normalized spacial score (nSPS) is 12.8. The van der Waals surface area contributed by atoms with Gasteiger partial charge < -0.3 is 5.32 Å². The van der Waals surface area contributed by atoms with Crippen molar-refractivity contribution in [3.63, 3.8) is 0 Å².